The van der Waals surface area contributed by atoms with Crippen LogP contribution in [0.15, 0.2) is 47.5 Å². The average Bonchev–Trinajstić information content (AvgIpc) is 3.02. The van der Waals surface area contributed by atoms with Crippen molar-refractivity contribution in [1.82, 2.24) is 4.98 Å². The van der Waals surface area contributed by atoms with Crippen molar-refractivity contribution >= 4 is 17.6 Å². The van der Waals surface area contributed by atoms with E-state index in [1.807, 2.05) is 0 Å². The Kier molecular flexibility index (Phi) is 5.09. The topological polar surface area (TPSA) is 27.8 Å². The summed E-state index contributed by atoms with van der Waals surface area (Å²) in [5.41, 5.74) is -2.41. The van der Waals surface area contributed by atoms with Crippen molar-refractivity contribution in [2.24, 2.45) is 0 Å². The fourth-order valence-electron chi connectivity index (χ4n) is 2.29. The number of anilines is 1. The first-order valence-corrected chi connectivity index (χ1v) is 8.10. The van der Waals surface area contributed by atoms with Crippen LogP contribution in [0.1, 0.15) is 5.56 Å². The van der Waals surface area contributed by atoms with E-state index in [9.17, 15) is 30.7 Å². The molecule has 0 atom stereocenters. The molecule has 0 unspecified atom stereocenters. The van der Waals surface area contributed by atoms with E-state index in [0.717, 1.165) is 24.1 Å². The molecule has 0 fully saturated rings. The second-order valence-corrected chi connectivity index (χ2v) is 6.24. The van der Waals surface area contributed by atoms with Crippen molar-refractivity contribution in [3.8, 4) is 11.3 Å². The van der Waals surface area contributed by atoms with Crippen molar-refractivity contribution < 1.29 is 30.7 Å². The molecule has 0 spiro atoms. The lowest BCUT2D eigenvalue weighted by molar-refractivity contribution is -0.140. The first-order chi connectivity index (χ1) is 12.7. The van der Waals surface area contributed by atoms with Crippen LogP contribution in [0, 0.1) is 23.3 Å². The molecule has 0 radical (unpaired) electrons. The fraction of sp³-hybridized carbons (Fsp3) is 0.0588. The number of halogens is 7. The highest BCUT2D eigenvalue weighted by Gasteiger charge is 2.35. The summed E-state index contributed by atoms with van der Waals surface area (Å²) >= 11 is 0.723. The standard InChI is InChI=1S/C17H9F7N2S/c18-10-2-1-3-11(19)16(10)15-4-8(7-25-15)27-26-14-6-12(20)9(5-13(14)21)17(22,23)24/h1-7,25-26H. The Bertz CT molecular complexity index is 962. The number of hydrogen-bond acceptors (Lipinski definition) is 2. The summed E-state index contributed by atoms with van der Waals surface area (Å²) in [7, 11) is 0. The third-order valence-electron chi connectivity index (χ3n) is 3.53. The smallest absolute Gasteiger partial charge is 0.360 e. The summed E-state index contributed by atoms with van der Waals surface area (Å²) in [6.45, 7) is 0. The Labute approximate surface area is 152 Å². The van der Waals surface area contributed by atoms with Crippen molar-refractivity contribution in [3.63, 3.8) is 0 Å². The fourth-order valence-corrected chi connectivity index (χ4v) is 2.97. The molecule has 27 heavy (non-hydrogen) atoms. The van der Waals surface area contributed by atoms with Crippen LogP contribution in [0.3, 0.4) is 0 Å². The van der Waals surface area contributed by atoms with Crippen LogP contribution < -0.4 is 4.72 Å². The van der Waals surface area contributed by atoms with E-state index in [1.54, 1.807) is 0 Å². The van der Waals surface area contributed by atoms with Gasteiger partial charge in [0.1, 0.15) is 23.3 Å². The summed E-state index contributed by atoms with van der Waals surface area (Å²) in [6, 6.07) is 5.13. The maximum Gasteiger partial charge on any atom is 0.419 e. The van der Waals surface area contributed by atoms with Gasteiger partial charge in [-0.2, -0.15) is 13.2 Å². The number of benzene rings is 2. The molecule has 10 heteroatoms. The van der Waals surface area contributed by atoms with Gasteiger partial charge in [0.05, 0.1) is 22.5 Å². The van der Waals surface area contributed by atoms with Gasteiger partial charge in [0.2, 0.25) is 0 Å². The minimum atomic E-state index is -5.02. The Morgan fingerprint density at radius 3 is 2.15 bits per heavy atom. The molecule has 0 bridgehead atoms. The zero-order valence-corrected chi connectivity index (χ0v) is 13.9. The van der Waals surface area contributed by atoms with Gasteiger partial charge < -0.3 is 9.71 Å². The highest BCUT2D eigenvalue weighted by Crippen LogP contribution is 2.35. The number of alkyl halides is 3. The lowest BCUT2D eigenvalue weighted by atomic mass is 10.1. The number of hydrogen-bond donors (Lipinski definition) is 2. The predicted molar refractivity (Wildman–Crippen MR) is 87.0 cm³/mol. The lowest BCUT2D eigenvalue weighted by Crippen LogP contribution is -2.09. The van der Waals surface area contributed by atoms with Crippen LogP contribution in [0.25, 0.3) is 11.3 Å². The van der Waals surface area contributed by atoms with Crippen molar-refractivity contribution in [3.05, 3.63) is 71.4 Å². The summed E-state index contributed by atoms with van der Waals surface area (Å²) < 4.78 is 94.9. The van der Waals surface area contributed by atoms with E-state index in [0.29, 0.717) is 11.0 Å². The van der Waals surface area contributed by atoms with E-state index < -0.39 is 40.7 Å². The third kappa shape index (κ3) is 4.05. The van der Waals surface area contributed by atoms with Crippen LogP contribution in [0.5, 0.6) is 0 Å². The van der Waals surface area contributed by atoms with Crippen LogP contribution in [0.4, 0.5) is 36.4 Å². The highest BCUT2D eigenvalue weighted by molar-refractivity contribution is 8.00. The second-order valence-electron chi connectivity index (χ2n) is 5.36. The zero-order valence-electron chi connectivity index (χ0n) is 13.1. The molecule has 0 aliphatic rings. The Balaban J connectivity index is 1.79. The third-order valence-corrected chi connectivity index (χ3v) is 4.32. The van der Waals surface area contributed by atoms with Gasteiger partial charge in [-0.05, 0) is 36.2 Å². The van der Waals surface area contributed by atoms with Crippen molar-refractivity contribution in [1.29, 1.82) is 0 Å². The van der Waals surface area contributed by atoms with Gasteiger partial charge in [0.15, 0.2) is 0 Å². The lowest BCUT2D eigenvalue weighted by Gasteiger charge is -2.11. The van der Waals surface area contributed by atoms with E-state index in [-0.39, 0.29) is 17.3 Å². The van der Waals surface area contributed by atoms with Gasteiger partial charge in [-0.1, -0.05) is 6.07 Å². The van der Waals surface area contributed by atoms with E-state index in [2.05, 4.69) is 9.71 Å². The number of aromatic nitrogens is 1. The molecule has 0 saturated carbocycles. The minimum absolute atomic E-state index is 0.0511. The Morgan fingerprint density at radius 2 is 1.52 bits per heavy atom. The molecule has 0 amide bonds. The van der Waals surface area contributed by atoms with Crippen LogP contribution in [-0.4, -0.2) is 4.98 Å². The van der Waals surface area contributed by atoms with Crippen LogP contribution in [0.2, 0.25) is 0 Å². The van der Waals surface area contributed by atoms with Gasteiger partial charge in [-0.3, -0.25) is 0 Å². The van der Waals surface area contributed by atoms with Gasteiger partial charge >= 0.3 is 6.18 Å². The number of aromatic amines is 1. The molecular formula is C17H9F7N2S. The molecule has 2 N–H and O–H groups in total. The maximum absolute atomic E-state index is 13.8. The molecule has 3 aromatic rings. The summed E-state index contributed by atoms with van der Waals surface area (Å²) in [4.78, 5) is 2.98. The minimum Gasteiger partial charge on any atom is -0.360 e. The summed E-state index contributed by atoms with van der Waals surface area (Å²) in [5, 5.41) is 0. The predicted octanol–water partition coefficient (Wildman–Crippen LogP) is 6.38. The van der Waals surface area contributed by atoms with Crippen molar-refractivity contribution in [2.75, 3.05) is 4.72 Å². The van der Waals surface area contributed by atoms with E-state index >= 15 is 0 Å². The monoisotopic (exact) mass is 406 g/mol. The van der Waals surface area contributed by atoms with Crippen molar-refractivity contribution in [2.45, 2.75) is 11.1 Å². The summed E-state index contributed by atoms with van der Waals surface area (Å²) in [6.07, 6.45) is -3.67. The molecule has 2 aromatic carbocycles. The molecule has 0 saturated heterocycles. The normalized spacial score (nSPS) is 11.7. The number of nitrogens with one attached hydrogen (secondary N) is 2. The molecule has 0 aliphatic heterocycles. The number of rotatable bonds is 4. The Hall–Kier alpha value is -2.62. The molecule has 2 nitrogen and oxygen atoms in total. The zero-order chi connectivity index (χ0) is 19.8. The number of H-pyrrole nitrogens is 1. The molecular weight excluding hydrogens is 397 g/mol. The largest absolute Gasteiger partial charge is 0.419 e. The Morgan fingerprint density at radius 1 is 0.852 bits per heavy atom. The highest BCUT2D eigenvalue weighted by atomic mass is 32.2. The van der Waals surface area contributed by atoms with E-state index in [4.69, 9.17) is 0 Å². The SMILES string of the molecule is Fc1cc(C(F)(F)F)c(F)cc1NSc1c[nH]c(-c2c(F)cccc2F)c1. The van der Waals surface area contributed by atoms with Gasteiger partial charge in [-0.15, -0.1) is 0 Å². The molecule has 0 aliphatic carbocycles. The first kappa shape index (κ1) is 19.2. The summed E-state index contributed by atoms with van der Waals surface area (Å²) in [5.74, 6) is -4.52. The van der Waals surface area contributed by atoms with Crippen LogP contribution >= 0.6 is 11.9 Å². The first-order valence-electron chi connectivity index (χ1n) is 7.28. The van der Waals surface area contributed by atoms with Gasteiger partial charge in [0.25, 0.3) is 0 Å². The van der Waals surface area contributed by atoms with Crippen LogP contribution in [-0.2, 0) is 6.18 Å². The molecule has 1 heterocycles. The quantitative estimate of drug-likeness (QED) is 0.389. The van der Waals surface area contributed by atoms with Gasteiger partial charge in [-0.25, -0.2) is 17.6 Å². The molecule has 3 rings (SSSR count). The van der Waals surface area contributed by atoms with Gasteiger partial charge in [0, 0.05) is 17.2 Å². The second kappa shape index (κ2) is 7.18. The van der Waals surface area contributed by atoms with E-state index in [1.165, 1.54) is 18.3 Å². The molecule has 1 aromatic heterocycles. The average molecular weight is 406 g/mol. The maximum atomic E-state index is 13.8. The molecule has 142 valence electrons.